The largest absolute Gasteiger partial charge is 0.370 e. The SMILES string of the molecule is CCC1OC1CCCCCC1OC1CC. The molecule has 2 rings (SSSR count). The van der Waals surface area contributed by atoms with Crippen LogP contribution in [0.2, 0.25) is 0 Å². The summed E-state index contributed by atoms with van der Waals surface area (Å²) in [7, 11) is 0. The predicted molar refractivity (Wildman–Crippen MR) is 61.0 cm³/mol. The van der Waals surface area contributed by atoms with Crippen molar-refractivity contribution in [2.75, 3.05) is 0 Å². The topological polar surface area (TPSA) is 25.1 Å². The number of unbranched alkanes of at least 4 members (excludes halogenated alkanes) is 2. The average Bonchev–Trinajstić information content (AvgIpc) is 3.12. The van der Waals surface area contributed by atoms with Crippen LogP contribution in [-0.2, 0) is 9.47 Å². The number of hydrogen-bond donors (Lipinski definition) is 0. The number of hydrogen-bond acceptors (Lipinski definition) is 2. The summed E-state index contributed by atoms with van der Waals surface area (Å²) in [4.78, 5) is 0. The minimum Gasteiger partial charge on any atom is -0.370 e. The molecule has 0 aliphatic carbocycles. The Hall–Kier alpha value is -0.0800. The fraction of sp³-hybridized carbons (Fsp3) is 1.00. The maximum atomic E-state index is 5.52. The summed E-state index contributed by atoms with van der Waals surface area (Å²) < 4.78 is 11.0. The predicted octanol–water partition coefficient (Wildman–Crippen LogP) is 3.29. The lowest BCUT2D eigenvalue weighted by Gasteiger charge is -1.97. The van der Waals surface area contributed by atoms with Crippen molar-refractivity contribution in [3.8, 4) is 0 Å². The molecule has 2 saturated heterocycles. The van der Waals surface area contributed by atoms with E-state index in [1.54, 1.807) is 0 Å². The van der Waals surface area contributed by atoms with Gasteiger partial charge in [0.1, 0.15) is 0 Å². The zero-order valence-electron chi connectivity index (χ0n) is 10.1. The van der Waals surface area contributed by atoms with Crippen LogP contribution in [0.3, 0.4) is 0 Å². The maximum absolute atomic E-state index is 5.52. The average molecular weight is 212 g/mol. The van der Waals surface area contributed by atoms with E-state index in [2.05, 4.69) is 13.8 Å². The van der Waals surface area contributed by atoms with Crippen LogP contribution in [-0.4, -0.2) is 24.4 Å². The van der Waals surface area contributed by atoms with Gasteiger partial charge in [0, 0.05) is 0 Å². The number of epoxide rings is 2. The van der Waals surface area contributed by atoms with E-state index in [0.717, 1.165) is 0 Å². The summed E-state index contributed by atoms with van der Waals surface area (Å²) in [5.41, 5.74) is 0. The standard InChI is InChI=1S/C13H24O2/c1-3-10-12(14-10)8-6-5-7-9-13-11(4-2)15-13/h10-13H,3-9H2,1-2H3. The Kier molecular flexibility index (Phi) is 4.04. The molecule has 4 atom stereocenters. The molecule has 0 aromatic carbocycles. The van der Waals surface area contributed by atoms with E-state index in [1.807, 2.05) is 0 Å². The second-order valence-corrected chi connectivity index (χ2v) is 4.88. The normalized spacial score (nSPS) is 38.0. The van der Waals surface area contributed by atoms with Crippen LogP contribution in [0.5, 0.6) is 0 Å². The molecule has 0 aromatic heterocycles. The summed E-state index contributed by atoms with van der Waals surface area (Å²) in [6.45, 7) is 4.42. The zero-order valence-corrected chi connectivity index (χ0v) is 10.1. The third kappa shape index (κ3) is 3.46. The van der Waals surface area contributed by atoms with Gasteiger partial charge in [0.15, 0.2) is 0 Å². The van der Waals surface area contributed by atoms with Gasteiger partial charge in [-0.2, -0.15) is 0 Å². The molecule has 2 fully saturated rings. The Labute approximate surface area is 93.3 Å². The first kappa shape index (κ1) is 11.4. The lowest BCUT2D eigenvalue weighted by atomic mass is 10.1. The van der Waals surface area contributed by atoms with Crippen LogP contribution in [0.4, 0.5) is 0 Å². The van der Waals surface area contributed by atoms with Gasteiger partial charge in [0.2, 0.25) is 0 Å². The molecule has 15 heavy (non-hydrogen) atoms. The molecule has 2 heterocycles. The fourth-order valence-electron chi connectivity index (χ4n) is 2.45. The molecule has 2 nitrogen and oxygen atoms in total. The minimum atomic E-state index is 0.598. The van der Waals surface area contributed by atoms with Gasteiger partial charge in [-0.15, -0.1) is 0 Å². The first-order valence-electron chi connectivity index (χ1n) is 6.66. The van der Waals surface area contributed by atoms with Crippen molar-refractivity contribution in [1.82, 2.24) is 0 Å². The summed E-state index contributed by atoms with van der Waals surface area (Å²) >= 11 is 0. The molecule has 2 aliphatic rings. The van der Waals surface area contributed by atoms with E-state index in [4.69, 9.17) is 9.47 Å². The van der Waals surface area contributed by atoms with E-state index in [9.17, 15) is 0 Å². The van der Waals surface area contributed by atoms with Gasteiger partial charge in [-0.1, -0.05) is 33.1 Å². The Morgan fingerprint density at radius 1 is 0.667 bits per heavy atom. The van der Waals surface area contributed by atoms with E-state index in [0.29, 0.717) is 24.4 Å². The molecular weight excluding hydrogens is 188 g/mol. The van der Waals surface area contributed by atoms with Crippen LogP contribution in [0.1, 0.15) is 58.8 Å². The van der Waals surface area contributed by atoms with Crippen molar-refractivity contribution < 1.29 is 9.47 Å². The molecule has 88 valence electrons. The van der Waals surface area contributed by atoms with Gasteiger partial charge in [-0.05, 0) is 25.7 Å². The smallest absolute Gasteiger partial charge is 0.0841 e. The monoisotopic (exact) mass is 212 g/mol. The van der Waals surface area contributed by atoms with Crippen molar-refractivity contribution in [3.05, 3.63) is 0 Å². The van der Waals surface area contributed by atoms with Gasteiger partial charge in [0.05, 0.1) is 24.4 Å². The van der Waals surface area contributed by atoms with Crippen LogP contribution >= 0.6 is 0 Å². The Bertz CT molecular complexity index is 173. The van der Waals surface area contributed by atoms with Crippen LogP contribution in [0.25, 0.3) is 0 Å². The van der Waals surface area contributed by atoms with Crippen molar-refractivity contribution in [1.29, 1.82) is 0 Å². The van der Waals surface area contributed by atoms with E-state index >= 15 is 0 Å². The van der Waals surface area contributed by atoms with E-state index in [1.165, 1.54) is 44.9 Å². The molecule has 0 spiro atoms. The zero-order chi connectivity index (χ0) is 10.7. The van der Waals surface area contributed by atoms with Crippen molar-refractivity contribution in [2.24, 2.45) is 0 Å². The van der Waals surface area contributed by atoms with Gasteiger partial charge < -0.3 is 9.47 Å². The highest BCUT2D eigenvalue weighted by Gasteiger charge is 2.37. The molecule has 0 amide bonds. The Morgan fingerprint density at radius 2 is 1.13 bits per heavy atom. The lowest BCUT2D eigenvalue weighted by molar-refractivity contribution is 0.347. The molecule has 0 saturated carbocycles. The number of rotatable bonds is 8. The van der Waals surface area contributed by atoms with Gasteiger partial charge in [-0.25, -0.2) is 0 Å². The number of ether oxygens (including phenoxy) is 2. The Morgan fingerprint density at radius 3 is 1.47 bits per heavy atom. The molecule has 0 aromatic rings. The van der Waals surface area contributed by atoms with Crippen LogP contribution in [0.15, 0.2) is 0 Å². The second-order valence-electron chi connectivity index (χ2n) is 4.88. The summed E-state index contributed by atoms with van der Waals surface area (Å²) in [5, 5.41) is 0. The van der Waals surface area contributed by atoms with Gasteiger partial charge >= 0.3 is 0 Å². The third-order valence-corrected chi connectivity index (χ3v) is 3.66. The fourth-order valence-corrected chi connectivity index (χ4v) is 2.45. The quantitative estimate of drug-likeness (QED) is 0.455. The Balaban J connectivity index is 1.37. The summed E-state index contributed by atoms with van der Waals surface area (Å²) in [5.74, 6) is 0. The highest BCUT2D eigenvalue weighted by Crippen LogP contribution is 2.31. The highest BCUT2D eigenvalue weighted by atomic mass is 16.6. The lowest BCUT2D eigenvalue weighted by Crippen LogP contribution is -1.94. The maximum Gasteiger partial charge on any atom is 0.0841 e. The molecular formula is C13H24O2. The molecule has 4 unspecified atom stereocenters. The highest BCUT2D eigenvalue weighted by molar-refractivity contribution is 4.84. The van der Waals surface area contributed by atoms with E-state index < -0.39 is 0 Å². The van der Waals surface area contributed by atoms with E-state index in [-0.39, 0.29) is 0 Å². The first-order chi connectivity index (χ1) is 7.35. The first-order valence-corrected chi connectivity index (χ1v) is 6.66. The van der Waals surface area contributed by atoms with Gasteiger partial charge in [-0.3, -0.25) is 0 Å². The summed E-state index contributed by atoms with van der Waals surface area (Å²) in [6, 6.07) is 0. The van der Waals surface area contributed by atoms with Crippen molar-refractivity contribution >= 4 is 0 Å². The minimum absolute atomic E-state index is 0.598. The van der Waals surface area contributed by atoms with Crippen molar-refractivity contribution in [2.45, 2.75) is 83.2 Å². The second kappa shape index (κ2) is 5.31. The van der Waals surface area contributed by atoms with Gasteiger partial charge in [0.25, 0.3) is 0 Å². The molecule has 0 bridgehead atoms. The van der Waals surface area contributed by atoms with Crippen LogP contribution in [0, 0.1) is 0 Å². The molecule has 2 heteroatoms. The molecule has 0 radical (unpaired) electrons. The van der Waals surface area contributed by atoms with Crippen molar-refractivity contribution in [3.63, 3.8) is 0 Å². The molecule has 2 aliphatic heterocycles. The summed E-state index contributed by atoms with van der Waals surface area (Å²) in [6.07, 6.45) is 11.4. The van der Waals surface area contributed by atoms with Crippen LogP contribution < -0.4 is 0 Å². The molecule has 0 N–H and O–H groups in total. The third-order valence-electron chi connectivity index (χ3n) is 3.66.